The first-order chi connectivity index (χ1) is 10.1. The average Bonchev–Trinajstić information content (AvgIpc) is 2.90. The van der Waals surface area contributed by atoms with Gasteiger partial charge >= 0.3 is 0 Å². The van der Waals surface area contributed by atoms with E-state index >= 15 is 0 Å². The lowest BCUT2D eigenvalue weighted by Crippen LogP contribution is -2.21. The van der Waals surface area contributed by atoms with Crippen LogP contribution in [0, 0.1) is 20.8 Å². The fraction of sp³-hybridized carbons (Fsp3) is 0.412. The number of anilines is 3. The van der Waals surface area contributed by atoms with Gasteiger partial charge in [0, 0.05) is 30.5 Å². The minimum absolute atomic E-state index is 0.847. The molecule has 2 heterocycles. The molecule has 4 nitrogen and oxygen atoms in total. The maximum Gasteiger partial charge on any atom is 0.227 e. The van der Waals surface area contributed by atoms with Gasteiger partial charge in [-0.05, 0) is 56.9 Å². The first kappa shape index (κ1) is 13.9. The molecule has 1 fully saturated rings. The minimum atomic E-state index is 0.847. The summed E-state index contributed by atoms with van der Waals surface area (Å²) in [7, 11) is 0. The van der Waals surface area contributed by atoms with Crippen molar-refractivity contribution in [3.63, 3.8) is 0 Å². The molecule has 4 heteroatoms. The van der Waals surface area contributed by atoms with E-state index in [-0.39, 0.29) is 0 Å². The Kier molecular flexibility index (Phi) is 3.78. The van der Waals surface area contributed by atoms with Crippen LogP contribution in [-0.4, -0.2) is 23.1 Å². The molecule has 1 N–H and O–H groups in total. The summed E-state index contributed by atoms with van der Waals surface area (Å²) < 4.78 is 0. The van der Waals surface area contributed by atoms with Gasteiger partial charge in [-0.15, -0.1) is 0 Å². The first-order valence-electron chi connectivity index (χ1n) is 7.56. The standard InChI is InChI=1S/C17H22N4/c1-12-8-13(2)10-15(9-12)19-16-11-14(3)18-17(20-16)21-6-4-5-7-21/h8-11H,4-7H2,1-3H3,(H,18,19,20). The number of rotatable bonds is 3. The van der Waals surface area contributed by atoms with E-state index in [9.17, 15) is 0 Å². The summed E-state index contributed by atoms with van der Waals surface area (Å²) in [4.78, 5) is 11.5. The second kappa shape index (κ2) is 5.72. The van der Waals surface area contributed by atoms with E-state index in [4.69, 9.17) is 0 Å². The molecular formula is C17H22N4. The van der Waals surface area contributed by atoms with Gasteiger partial charge in [0.15, 0.2) is 0 Å². The molecule has 110 valence electrons. The van der Waals surface area contributed by atoms with E-state index in [2.05, 4.69) is 52.2 Å². The van der Waals surface area contributed by atoms with Gasteiger partial charge in [0.25, 0.3) is 0 Å². The Morgan fingerprint density at radius 1 is 0.905 bits per heavy atom. The highest BCUT2D eigenvalue weighted by Gasteiger charge is 2.16. The topological polar surface area (TPSA) is 41.1 Å². The van der Waals surface area contributed by atoms with Crippen molar-refractivity contribution in [1.82, 2.24) is 9.97 Å². The molecule has 1 aliphatic rings. The van der Waals surface area contributed by atoms with Crippen LogP contribution < -0.4 is 10.2 Å². The van der Waals surface area contributed by atoms with Crippen LogP contribution in [0.1, 0.15) is 29.7 Å². The second-order valence-corrected chi connectivity index (χ2v) is 5.89. The van der Waals surface area contributed by atoms with Gasteiger partial charge in [-0.1, -0.05) is 6.07 Å². The Balaban J connectivity index is 1.87. The molecule has 0 spiro atoms. The number of aryl methyl sites for hydroxylation is 3. The zero-order chi connectivity index (χ0) is 14.8. The summed E-state index contributed by atoms with van der Waals surface area (Å²) in [5.41, 5.74) is 4.59. The van der Waals surface area contributed by atoms with Crippen LogP contribution >= 0.6 is 0 Å². The zero-order valence-corrected chi connectivity index (χ0v) is 13.0. The maximum absolute atomic E-state index is 4.67. The van der Waals surface area contributed by atoms with Gasteiger partial charge in [-0.3, -0.25) is 0 Å². The molecule has 1 saturated heterocycles. The third kappa shape index (κ3) is 3.32. The number of hydrogen-bond donors (Lipinski definition) is 1. The van der Waals surface area contributed by atoms with Crippen molar-refractivity contribution in [3.8, 4) is 0 Å². The monoisotopic (exact) mass is 282 g/mol. The Morgan fingerprint density at radius 3 is 2.24 bits per heavy atom. The highest BCUT2D eigenvalue weighted by atomic mass is 15.3. The average molecular weight is 282 g/mol. The lowest BCUT2D eigenvalue weighted by molar-refractivity contribution is 0.891. The predicted octanol–water partition coefficient (Wildman–Crippen LogP) is 3.75. The molecule has 1 aromatic heterocycles. The summed E-state index contributed by atoms with van der Waals surface area (Å²) in [5, 5.41) is 3.41. The van der Waals surface area contributed by atoms with E-state index in [1.165, 1.54) is 24.0 Å². The van der Waals surface area contributed by atoms with Crippen LogP contribution in [0.2, 0.25) is 0 Å². The third-order valence-corrected chi connectivity index (χ3v) is 3.73. The third-order valence-electron chi connectivity index (χ3n) is 3.73. The normalized spacial score (nSPS) is 14.5. The summed E-state index contributed by atoms with van der Waals surface area (Å²) in [6.07, 6.45) is 2.47. The van der Waals surface area contributed by atoms with Gasteiger partial charge in [-0.2, -0.15) is 4.98 Å². The molecule has 0 radical (unpaired) electrons. The van der Waals surface area contributed by atoms with Crippen LogP contribution in [-0.2, 0) is 0 Å². The zero-order valence-electron chi connectivity index (χ0n) is 13.0. The Hall–Kier alpha value is -2.10. The molecule has 21 heavy (non-hydrogen) atoms. The lowest BCUT2D eigenvalue weighted by atomic mass is 10.1. The van der Waals surface area contributed by atoms with Gasteiger partial charge in [0.05, 0.1) is 0 Å². The predicted molar refractivity (Wildman–Crippen MR) is 87.4 cm³/mol. The van der Waals surface area contributed by atoms with Crippen LogP contribution in [0.5, 0.6) is 0 Å². The number of hydrogen-bond acceptors (Lipinski definition) is 4. The smallest absolute Gasteiger partial charge is 0.227 e. The Bertz CT molecular complexity index is 625. The molecule has 1 aromatic carbocycles. The molecule has 1 aliphatic heterocycles. The van der Waals surface area contributed by atoms with Crippen molar-refractivity contribution in [3.05, 3.63) is 41.1 Å². The molecule has 0 aliphatic carbocycles. The maximum atomic E-state index is 4.67. The summed E-state index contributed by atoms with van der Waals surface area (Å²) in [6, 6.07) is 8.45. The second-order valence-electron chi connectivity index (χ2n) is 5.89. The number of nitrogens with zero attached hydrogens (tertiary/aromatic N) is 3. The molecule has 0 atom stereocenters. The van der Waals surface area contributed by atoms with Crippen LogP contribution in [0.15, 0.2) is 24.3 Å². The Labute approximate surface area is 126 Å². The van der Waals surface area contributed by atoms with E-state index in [0.717, 1.165) is 36.2 Å². The SMILES string of the molecule is Cc1cc(C)cc(Nc2cc(C)nc(N3CCCC3)n2)c1. The largest absolute Gasteiger partial charge is 0.341 e. The fourth-order valence-electron chi connectivity index (χ4n) is 2.87. The molecule has 2 aromatic rings. The van der Waals surface area contributed by atoms with Crippen molar-refractivity contribution in [2.45, 2.75) is 33.6 Å². The van der Waals surface area contributed by atoms with Crippen molar-refractivity contribution in [2.24, 2.45) is 0 Å². The number of aromatic nitrogens is 2. The number of benzene rings is 1. The highest BCUT2D eigenvalue weighted by molar-refractivity contribution is 5.59. The van der Waals surface area contributed by atoms with Gasteiger partial charge in [-0.25, -0.2) is 4.98 Å². The van der Waals surface area contributed by atoms with Gasteiger partial charge in [0.2, 0.25) is 5.95 Å². The van der Waals surface area contributed by atoms with Crippen LogP contribution in [0.3, 0.4) is 0 Å². The molecular weight excluding hydrogens is 260 g/mol. The minimum Gasteiger partial charge on any atom is -0.341 e. The lowest BCUT2D eigenvalue weighted by Gasteiger charge is -2.17. The van der Waals surface area contributed by atoms with Crippen molar-refractivity contribution >= 4 is 17.5 Å². The molecule has 0 bridgehead atoms. The van der Waals surface area contributed by atoms with Gasteiger partial charge in [0.1, 0.15) is 5.82 Å². The Morgan fingerprint density at radius 2 is 1.57 bits per heavy atom. The van der Waals surface area contributed by atoms with Crippen molar-refractivity contribution in [2.75, 3.05) is 23.3 Å². The van der Waals surface area contributed by atoms with E-state index in [0.29, 0.717) is 0 Å². The van der Waals surface area contributed by atoms with E-state index < -0.39 is 0 Å². The van der Waals surface area contributed by atoms with E-state index in [1.54, 1.807) is 0 Å². The van der Waals surface area contributed by atoms with Crippen molar-refractivity contribution in [1.29, 1.82) is 0 Å². The summed E-state index contributed by atoms with van der Waals surface area (Å²) in [6.45, 7) is 8.37. The quantitative estimate of drug-likeness (QED) is 0.931. The molecule has 0 unspecified atom stereocenters. The van der Waals surface area contributed by atoms with E-state index in [1.807, 2.05) is 13.0 Å². The molecule has 0 saturated carbocycles. The molecule has 3 rings (SSSR count). The van der Waals surface area contributed by atoms with Crippen LogP contribution in [0.25, 0.3) is 0 Å². The summed E-state index contributed by atoms with van der Waals surface area (Å²) in [5.74, 6) is 1.72. The molecule has 0 amide bonds. The van der Waals surface area contributed by atoms with Crippen LogP contribution in [0.4, 0.5) is 17.5 Å². The first-order valence-corrected chi connectivity index (χ1v) is 7.56. The van der Waals surface area contributed by atoms with Crippen molar-refractivity contribution < 1.29 is 0 Å². The highest BCUT2D eigenvalue weighted by Crippen LogP contribution is 2.22. The fourth-order valence-corrected chi connectivity index (χ4v) is 2.87. The summed E-state index contributed by atoms with van der Waals surface area (Å²) >= 11 is 0. The van der Waals surface area contributed by atoms with Gasteiger partial charge < -0.3 is 10.2 Å². The number of nitrogens with one attached hydrogen (secondary N) is 1.